The third kappa shape index (κ3) is 4.24. The molecule has 4 nitrogen and oxygen atoms in total. The first-order valence-electron chi connectivity index (χ1n) is 6.69. The summed E-state index contributed by atoms with van der Waals surface area (Å²) in [5.41, 5.74) is 6.94. The van der Waals surface area contributed by atoms with Crippen LogP contribution in [-0.4, -0.2) is 19.1 Å². The minimum Gasteiger partial charge on any atom is -0.497 e. The number of amides is 1. The number of hydrogen-bond acceptors (Lipinski definition) is 3. The Labute approximate surface area is 115 Å². The van der Waals surface area contributed by atoms with E-state index in [1.54, 1.807) is 7.11 Å². The Morgan fingerprint density at radius 1 is 1.32 bits per heavy atom. The third-order valence-corrected chi connectivity index (χ3v) is 3.53. The van der Waals surface area contributed by atoms with Crippen LogP contribution in [0.5, 0.6) is 5.75 Å². The van der Waals surface area contributed by atoms with E-state index in [4.69, 9.17) is 10.5 Å². The van der Waals surface area contributed by atoms with E-state index in [2.05, 4.69) is 5.32 Å². The van der Waals surface area contributed by atoms with Gasteiger partial charge in [0.05, 0.1) is 19.2 Å². The monoisotopic (exact) mass is 264 g/mol. The molecule has 0 fully saturated rings. The second-order valence-electron chi connectivity index (χ2n) is 4.91. The van der Waals surface area contributed by atoms with Gasteiger partial charge in [0, 0.05) is 0 Å². The van der Waals surface area contributed by atoms with Crippen LogP contribution in [0.2, 0.25) is 0 Å². The second kappa shape index (κ2) is 7.14. The van der Waals surface area contributed by atoms with Gasteiger partial charge in [0.15, 0.2) is 0 Å². The van der Waals surface area contributed by atoms with Gasteiger partial charge in [-0.1, -0.05) is 32.4 Å². The molecule has 0 aliphatic rings. The maximum atomic E-state index is 12.0. The van der Waals surface area contributed by atoms with Crippen molar-refractivity contribution < 1.29 is 9.53 Å². The summed E-state index contributed by atoms with van der Waals surface area (Å²) >= 11 is 0. The molecule has 0 aliphatic heterocycles. The number of carbonyl (C=O) groups is 1. The topological polar surface area (TPSA) is 64.4 Å². The van der Waals surface area contributed by atoms with Crippen LogP contribution < -0.4 is 15.8 Å². The first-order valence-corrected chi connectivity index (χ1v) is 6.69. The highest BCUT2D eigenvalue weighted by atomic mass is 16.5. The van der Waals surface area contributed by atoms with Crippen molar-refractivity contribution in [1.82, 2.24) is 5.32 Å². The molecule has 106 valence electrons. The van der Waals surface area contributed by atoms with Gasteiger partial charge in [-0.05, 0) is 30.5 Å². The minimum absolute atomic E-state index is 0.0616. The van der Waals surface area contributed by atoms with Crippen molar-refractivity contribution in [3.8, 4) is 5.75 Å². The summed E-state index contributed by atoms with van der Waals surface area (Å²) in [6, 6.07) is 7.13. The van der Waals surface area contributed by atoms with Gasteiger partial charge >= 0.3 is 0 Å². The Hall–Kier alpha value is -1.55. The second-order valence-corrected chi connectivity index (χ2v) is 4.91. The average Bonchev–Trinajstić information content (AvgIpc) is 2.45. The summed E-state index contributed by atoms with van der Waals surface area (Å²) in [7, 11) is 1.63. The third-order valence-electron chi connectivity index (χ3n) is 3.53. The van der Waals surface area contributed by atoms with Gasteiger partial charge < -0.3 is 15.8 Å². The van der Waals surface area contributed by atoms with E-state index in [1.807, 2.05) is 45.0 Å². The standard InChI is InChI=1S/C15H24N2O2/c1-5-10(2)14(16)15(18)17-11(3)12-6-8-13(19-4)9-7-12/h6-11,14H,5,16H2,1-4H3,(H,17,18)/t10-,11+,14+/m0/s1. The van der Waals surface area contributed by atoms with Gasteiger partial charge in [0.1, 0.15) is 5.75 Å². The molecule has 19 heavy (non-hydrogen) atoms. The van der Waals surface area contributed by atoms with E-state index in [-0.39, 0.29) is 17.9 Å². The van der Waals surface area contributed by atoms with Crippen LogP contribution in [-0.2, 0) is 4.79 Å². The Balaban J connectivity index is 2.63. The molecule has 0 heterocycles. The van der Waals surface area contributed by atoms with E-state index in [0.29, 0.717) is 0 Å². The zero-order valence-electron chi connectivity index (χ0n) is 12.1. The number of nitrogens with two attached hydrogens (primary N) is 1. The van der Waals surface area contributed by atoms with Crippen molar-refractivity contribution in [2.24, 2.45) is 11.7 Å². The number of carbonyl (C=O) groups excluding carboxylic acids is 1. The lowest BCUT2D eigenvalue weighted by molar-refractivity contribution is -0.124. The molecule has 1 rings (SSSR count). The van der Waals surface area contributed by atoms with Gasteiger partial charge in [0.2, 0.25) is 5.91 Å². The van der Waals surface area contributed by atoms with Crippen molar-refractivity contribution in [1.29, 1.82) is 0 Å². The number of methoxy groups -OCH3 is 1. The fraction of sp³-hybridized carbons (Fsp3) is 0.533. The van der Waals surface area contributed by atoms with Gasteiger partial charge in [0.25, 0.3) is 0 Å². The molecule has 1 aromatic rings. The first kappa shape index (κ1) is 15.5. The van der Waals surface area contributed by atoms with Crippen molar-refractivity contribution in [2.75, 3.05) is 7.11 Å². The van der Waals surface area contributed by atoms with Gasteiger partial charge in [-0.15, -0.1) is 0 Å². The zero-order chi connectivity index (χ0) is 14.4. The first-order chi connectivity index (χ1) is 8.99. The van der Waals surface area contributed by atoms with E-state index in [9.17, 15) is 4.79 Å². The van der Waals surface area contributed by atoms with Crippen LogP contribution in [0.15, 0.2) is 24.3 Å². The smallest absolute Gasteiger partial charge is 0.237 e. The lowest BCUT2D eigenvalue weighted by atomic mass is 9.98. The summed E-state index contributed by atoms with van der Waals surface area (Å²) in [5, 5.41) is 2.94. The minimum atomic E-state index is -0.453. The normalized spacial score (nSPS) is 15.4. The van der Waals surface area contributed by atoms with Crippen molar-refractivity contribution in [3.05, 3.63) is 29.8 Å². The SMILES string of the molecule is CC[C@H](C)[C@@H](N)C(=O)N[C@H](C)c1ccc(OC)cc1. The van der Waals surface area contributed by atoms with Gasteiger partial charge in [-0.25, -0.2) is 0 Å². The van der Waals surface area contributed by atoms with Crippen LogP contribution in [0.3, 0.4) is 0 Å². The van der Waals surface area contributed by atoms with Crippen LogP contribution >= 0.6 is 0 Å². The van der Waals surface area contributed by atoms with E-state index in [1.165, 1.54) is 0 Å². The summed E-state index contributed by atoms with van der Waals surface area (Å²) in [6.07, 6.45) is 0.894. The Morgan fingerprint density at radius 3 is 2.37 bits per heavy atom. The fourth-order valence-electron chi connectivity index (χ4n) is 1.80. The quantitative estimate of drug-likeness (QED) is 0.828. The maximum Gasteiger partial charge on any atom is 0.237 e. The fourth-order valence-corrected chi connectivity index (χ4v) is 1.80. The summed E-state index contributed by atoms with van der Waals surface area (Å²) in [5.74, 6) is 0.888. The number of hydrogen-bond donors (Lipinski definition) is 2. The van der Waals surface area contributed by atoms with Crippen LogP contribution in [0.4, 0.5) is 0 Å². The molecule has 1 amide bonds. The molecule has 0 saturated carbocycles. The predicted octanol–water partition coefficient (Wildman–Crippen LogP) is 2.25. The Morgan fingerprint density at radius 2 is 1.89 bits per heavy atom. The maximum absolute atomic E-state index is 12.0. The summed E-state index contributed by atoms with van der Waals surface area (Å²) < 4.78 is 5.11. The molecule has 0 saturated heterocycles. The molecule has 0 spiro atoms. The van der Waals surface area contributed by atoms with E-state index >= 15 is 0 Å². The molecule has 0 radical (unpaired) electrons. The molecular formula is C15H24N2O2. The van der Waals surface area contributed by atoms with Gasteiger partial charge in [-0.2, -0.15) is 0 Å². The number of nitrogens with one attached hydrogen (secondary N) is 1. The Kier molecular flexibility index (Phi) is 5.83. The summed E-state index contributed by atoms with van der Waals surface area (Å²) in [6.45, 7) is 5.97. The molecule has 0 aliphatic carbocycles. The lowest BCUT2D eigenvalue weighted by Crippen LogP contribution is -2.45. The number of ether oxygens (including phenoxy) is 1. The van der Waals surface area contributed by atoms with E-state index < -0.39 is 6.04 Å². The zero-order valence-corrected chi connectivity index (χ0v) is 12.1. The molecule has 0 aromatic heterocycles. The van der Waals surface area contributed by atoms with Crippen LogP contribution in [0.25, 0.3) is 0 Å². The van der Waals surface area contributed by atoms with Gasteiger partial charge in [-0.3, -0.25) is 4.79 Å². The largest absolute Gasteiger partial charge is 0.497 e. The highest BCUT2D eigenvalue weighted by molar-refractivity contribution is 5.82. The van der Waals surface area contributed by atoms with Crippen LogP contribution in [0.1, 0.15) is 38.8 Å². The molecular weight excluding hydrogens is 240 g/mol. The molecule has 4 heteroatoms. The van der Waals surface area contributed by atoms with E-state index in [0.717, 1.165) is 17.7 Å². The van der Waals surface area contributed by atoms with Crippen molar-refractivity contribution in [2.45, 2.75) is 39.3 Å². The molecule has 3 atom stereocenters. The Bertz CT molecular complexity index is 403. The van der Waals surface area contributed by atoms with Crippen LogP contribution in [0, 0.1) is 5.92 Å². The number of benzene rings is 1. The van der Waals surface area contributed by atoms with Crippen molar-refractivity contribution >= 4 is 5.91 Å². The molecule has 0 bridgehead atoms. The predicted molar refractivity (Wildman–Crippen MR) is 77.0 cm³/mol. The lowest BCUT2D eigenvalue weighted by Gasteiger charge is -2.21. The highest BCUT2D eigenvalue weighted by Crippen LogP contribution is 2.17. The molecule has 1 aromatic carbocycles. The number of rotatable bonds is 6. The highest BCUT2D eigenvalue weighted by Gasteiger charge is 2.21. The van der Waals surface area contributed by atoms with Crippen molar-refractivity contribution in [3.63, 3.8) is 0 Å². The molecule has 0 unspecified atom stereocenters. The average molecular weight is 264 g/mol. The summed E-state index contributed by atoms with van der Waals surface area (Å²) in [4.78, 5) is 12.0. The molecule has 3 N–H and O–H groups in total.